The van der Waals surface area contributed by atoms with Gasteiger partial charge >= 0.3 is 5.97 Å². The van der Waals surface area contributed by atoms with Crippen LogP contribution in [0.4, 0.5) is 5.69 Å². The zero-order valence-corrected chi connectivity index (χ0v) is 14.7. The number of rotatable bonds is 8. The number of esters is 1. The molecule has 130 valence electrons. The molecule has 2 aromatic carbocycles. The molecule has 1 atom stereocenters. The number of hydrogen-bond donors (Lipinski definition) is 0. The minimum Gasteiger partial charge on any atom is -0.466 e. The number of aryl methyl sites for hydroxylation is 1. The van der Waals surface area contributed by atoms with Crippen molar-refractivity contribution in [3.63, 3.8) is 0 Å². The van der Waals surface area contributed by atoms with Gasteiger partial charge in [0.25, 0.3) is 0 Å². The van der Waals surface area contributed by atoms with Crippen molar-refractivity contribution in [3.8, 4) is 11.1 Å². The van der Waals surface area contributed by atoms with E-state index in [2.05, 4.69) is 11.1 Å². The quantitative estimate of drug-likeness (QED) is 0.393. The van der Waals surface area contributed by atoms with E-state index in [0.717, 1.165) is 36.0 Å². The largest absolute Gasteiger partial charge is 0.466 e. The fraction of sp³-hybridized carbons (Fsp3) is 0.333. The number of ether oxygens (including phenoxy) is 1. The van der Waals surface area contributed by atoms with Crippen LogP contribution >= 0.6 is 0 Å². The first-order valence-electron chi connectivity index (χ1n) is 8.58. The molecule has 0 aliphatic heterocycles. The van der Waals surface area contributed by atoms with Crippen molar-refractivity contribution < 1.29 is 14.3 Å². The summed E-state index contributed by atoms with van der Waals surface area (Å²) in [7, 11) is 0. The maximum atomic E-state index is 11.7. The highest BCUT2D eigenvalue weighted by Gasteiger charge is 2.14. The van der Waals surface area contributed by atoms with Crippen LogP contribution in [0.1, 0.15) is 32.3 Å². The van der Waals surface area contributed by atoms with Gasteiger partial charge in [0, 0.05) is 0 Å². The lowest BCUT2D eigenvalue weighted by molar-refractivity contribution is -0.147. The smallest absolute Gasteiger partial charge is 0.308 e. The Hall–Kier alpha value is -2.71. The molecule has 0 heterocycles. The zero-order chi connectivity index (χ0) is 18.1. The zero-order valence-electron chi connectivity index (χ0n) is 14.7. The first kappa shape index (κ1) is 18.6. The van der Waals surface area contributed by atoms with Gasteiger partial charge in [-0.15, -0.1) is 0 Å². The monoisotopic (exact) mass is 337 g/mol. The standard InChI is InChI=1S/C21H23NO3/c1-3-25-21(24)16(2)8-7-11-19-14-18(12-13-20(19)22-15-23)17-9-5-4-6-10-17/h4-6,9-10,12-14,16H,3,7-8,11H2,1-2H3. The molecule has 1 unspecified atom stereocenters. The van der Waals surface area contributed by atoms with Crippen molar-refractivity contribution in [2.75, 3.05) is 6.61 Å². The Kier molecular flexibility index (Phi) is 7.12. The van der Waals surface area contributed by atoms with Gasteiger partial charge in [0.05, 0.1) is 18.2 Å². The van der Waals surface area contributed by atoms with Crippen LogP contribution in [0, 0.1) is 5.92 Å². The molecule has 0 radical (unpaired) electrons. The molecular formula is C21H23NO3. The topological polar surface area (TPSA) is 55.7 Å². The Balaban J connectivity index is 2.12. The summed E-state index contributed by atoms with van der Waals surface area (Å²) in [5.74, 6) is -0.290. The van der Waals surface area contributed by atoms with Crippen LogP contribution in [0.15, 0.2) is 53.5 Å². The van der Waals surface area contributed by atoms with E-state index in [1.165, 1.54) is 0 Å². The minimum absolute atomic E-state index is 0.129. The maximum Gasteiger partial charge on any atom is 0.308 e. The molecule has 0 bridgehead atoms. The number of hydrogen-bond acceptors (Lipinski definition) is 4. The summed E-state index contributed by atoms with van der Waals surface area (Å²) >= 11 is 0. The third-order valence-electron chi connectivity index (χ3n) is 4.12. The lowest BCUT2D eigenvalue weighted by Crippen LogP contribution is -2.14. The van der Waals surface area contributed by atoms with Crippen LogP contribution in [0.25, 0.3) is 11.1 Å². The Morgan fingerprint density at radius 1 is 1.16 bits per heavy atom. The van der Waals surface area contributed by atoms with Crippen molar-refractivity contribution in [1.29, 1.82) is 0 Å². The van der Waals surface area contributed by atoms with Crippen LogP contribution in [-0.2, 0) is 20.7 Å². The van der Waals surface area contributed by atoms with E-state index < -0.39 is 0 Å². The SMILES string of the molecule is CCOC(=O)C(C)CCCc1cc(-c2ccccc2)ccc1N=C=O. The van der Waals surface area contributed by atoms with Gasteiger partial charge in [0.15, 0.2) is 0 Å². The molecule has 2 aromatic rings. The van der Waals surface area contributed by atoms with Gasteiger partial charge in [-0.05, 0) is 55.0 Å². The molecule has 4 heteroatoms. The predicted octanol–water partition coefficient (Wildman–Crippen LogP) is 4.84. The van der Waals surface area contributed by atoms with Crippen molar-refractivity contribution in [2.24, 2.45) is 10.9 Å². The van der Waals surface area contributed by atoms with Gasteiger partial charge in [-0.25, -0.2) is 4.79 Å². The molecule has 25 heavy (non-hydrogen) atoms. The summed E-state index contributed by atoms with van der Waals surface area (Å²) in [5.41, 5.74) is 3.82. The lowest BCUT2D eigenvalue weighted by Gasteiger charge is -2.12. The minimum atomic E-state index is -0.160. The first-order valence-corrected chi connectivity index (χ1v) is 8.58. The van der Waals surface area contributed by atoms with Crippen molar-refractivity contribution >= 4 is 17.7 Å². The van der Waals surface area contributed by atoms with Gasteiger partial charge in [-0.3, -0.25) is 4.79 Å². The summed E-state index contributed by atoms with van der Waals surface area (Å²) in [6.07, 6.45) is 3.91. The predicted molar refractivity (Wildman–Crippen MR) is 98.4 cm³/mol. The van der Waals surface area contributed by atoms with E-state index >= 15 is 0 Å². The van der Waals surface area contributed by atoms with E-state index in [9.17, 15) is 9.59 Å². The summed E-state index contributed by atoms with van der Waals surface area (Å²) in [4.78, 5) is 26.2. The van der Waals surface area contributed by atoms with Gasteiger partial charge < -0.3 is 4.74 Å². The molecule has 4 nitrogen and oxygen atoms in total. The number of isocyanates is 1. The van der Waals surface area contributed by atoms with Crippen LogP contribution < -0.4 is 0 Å². The molecule has 0 aliphatic rings. The second-order valence-electron chi connectivity index (χ2n) is 5.96. The Labute approximate surface area is 148 Å². The Morgan fingerprint density at radius 3 is 2.60 bits per heavy atom. The fourth-order valence-electron chi connectivity index (χ4n) is 2.76. The number of carbonyl (C=O) groups is 1. The number of carbonyl (C=O) groups excluding carboxylic acids is 2. The van der Waals surface area contributed by atoms with Crippen LogP contribution in [-0.4, -0.2) is 18.7 Å². The average molecular weight is 337 g/mol. The summed E-state index contributed by atoms with van der Waals surface area (Å²) in [6, 6.07) is 15.9. The third-order valence-corrected chi connectivity index (χ3v) is 4.12. The Bertz CT molecular complexity index is 749. The van der Waals surface area contributed by atoms with Crippen LogP contribution in [0.5, 0.6) is 0 Å². The number of nitrogens with zero attached hydrogens (tertiary/aromatic N) is 1. The highest BCUT2D eigenvalue weighted by Crippen LogP contribution is 2.28. The molecular weight excluding hydrogens is 314 g/mol. The number of aliphatic imine (C=N–C) groups is 1. The molecule has 0 fully saturated rings. The van der Waals surface area contributed by atoms with Gasteiger partial charge in [0.1, 0.15) is 0 Å². The van der Waals surface area contributed by atoms with Crippen molar-refractivity contribution in [3.05, 3.63) is 54.1 Å². The molecule has 0 saturated carbocycles. The molecule has 0 spiro atoms. The molecule has 0 saturated heterocycles. The van der Waals surface area contributed by atoms with Crippen molar-refractivity contribution in [1.82, 2.24) is 0 Å². The first-order chi connectivity index (χ1) is 12.2. The van der Waals surface area contributed by atoms with Gasteiger partial charge in [-0.1, -0.05) is 43.3 Å². The molecule has 0 aromatic heterocycles. The van der Waals surface area contributed by atoms with E-state index in [1.807, 2.05) is 56.3 Å². The lowest BCUT2D eigenvalue weighted by atomic mass is 9.97. The summed E-state index contributed by atoms with van der Waals surface area (Å²) < 4.78 is 5.04. The second kappa shape index (κ2) is 9.55. The second-order valence-corrected chi connectivity index (χ2v) is 5.96. The van der Waals surface area contributed by atoms with Crippen molar-refractivity contribution in [2.45, 2.75) is 33.1 Å². The van der Waals surface area contributed by atoms with E-state index in [-0.39, 0.29) is 11.9 Å². The maximum absolute atomic E-state index is 11.7. The normalized spacial score (nSPS) is 11.4. The van der Waals surface area contributed by atoms with Crippen LogP contribution in [0.2, 0.25) is 0 Å². The van der Waals surface area contributed by atoms with Gasteiger partial charge in [-0.2, -0.15) is 4.99 Å². The van der Waals surface area contributed by atoms with E-state index in [0.29, 0.717) is 12.3 Å². The summed E-state index contributed by atoms with van der Waals surface area (Å²) in [6.45, 7) is 4.09. The molecule has 0 N–H and O–H groups in total. The Morgan fingerprint density at radius 2 is 1.92 bits per heavy atom. The highest BCUT2D eigenvalue weighted by molar-refractivity contribution is 5.72. The van der Waals surface area contributed by atoms with E-state index in [1.54, 1.807) is 6.08 Å². The van der Waals surface area contributed by atoms with Gasteiger partial charge in [0.2, 0.25) is 6.08 Å². The van der Waals surface area contributed by atoms with E-state index in [4.69, 9.17) is 4.74 Å². The summed E-state index contributed by atoms with van der Waals surface area (Å²) in [5, 5.41) is 0. The molecule has 0 aliphatic carbocycles. The van der Waals surface area contributed by atoms with Crippen LogP contribution in [0.3, 0.4) is 0 Å². The molecule has 0 amide bonds. The fourth-order valence-corrected chi connectivity index (χ4v) is 2.76. The highest BCUT2D eigenvalue weighted by atomic mass is 16.5. The molecule has 2 rings (SSSR count). The number of benzene rings is 2. The third kappa shape index (κ3) is 5.40. The average Bonchev–Trinajstić information content (AvgIpc) is 2.64.